The van der Waals surface area contributed by atoms with Crippen molar-refractivity contribution in [3.8, 4) is 0 Å². The van der Waals surface area contributed by atoms with E-state index in [1.165, 1.54) is 0 Å². The summed E-state index contributed by atoms with van der Waals surface area (Å²) in [6, 6.07) is 12.0. The highest BCUT2D eigenvalue weighted by atomic mass is 16.9. The van der Waals surface area contributed by atoms with Crippen molar-refractivity contribution in [1.82, 2.24) is 4.98 Å². The van der Waals surface area contributed by atoms with Crippen molar-refractivity contribution in [2.45, 2.75) is 19.3 Å². The van der Waals surface area contributed by atoms with Crippen molar-refractivity contribution in [1.29, 1.82) is 0 Å². The number of para-hydroxylation sites is 1. The number of aromatic nitrogens is 1. The van der Waals surface area contributed by atoms with Crippen LogP contribution in [0.5, 0.6) is 0 Å². The van der Waals surface area contributed by atoms with Gasteiger partial charge < -0.3 is 10.2 Å². The maximum absolute atomic E-state index is 9.94. The maximum Gasteiger partial charge on any atom is 0.294 e. The molecule has 0 spiro atoms. The van der Waals surface area contributed by atoms with Crippen LogP contribution in [0.1, 0.15) is 19.3 Å². The van der Waals surface area contributed by atoms with E-state index in [0.29, 0.717) is 6.42 Å². The Morgan fingerprint density at radius 1 is 1.15 bits per heavy atom. The van der Waals surface area contributed by atoms with Crippen LogP contribution in [-0.4, -0.2) is 23.2 Å². The van der Waals surface area contributed by atoms with Crippen LogP contribution in [0.25, 0.3) is 10.9 Å². The Balaban J connectivity index is 1.69. The smallest absolute Gasteiger partial charge is 0.294 e. The molecule has 0 amide bonds. The van der Waals surface area contributed by atoms with Crippen molar-refractivity contribution >= 4 is 16.7 Å². The summed E-state index contributed by atoms with van der Waals surface area (Å²) in [7, 11) is 0. The third-order valence-electron chi connectivity index (χ3n) is 2.92. The van der Waals surface area contributed by atoms with Gasteiger partial charge in [0.25, 0.3) is 5.09 Å². The van der Waals surface area contributed by atoms with E-state index in [2.05, 4.69) is 15.1 Å². The fourth-order valence-electron chi connectivity index (χ4n) is 1.92. The zero-order valence-corrected chi connectivity index (χ0v) is 11.1. The number of benzene rings is 1. The highest BCUT2D eigenvalue weighted by molar-refractivity contribution is 5.79. The molecule has 0 fully saturated rings. The molecule has 0 saturated heterocycles. The maximum atomic E-state index is 9.94. The number of rotatable bonds is 8. The van der Waals surface area contributed by atoms with Gasteiger partial charge in [-0.15, -0.1) is 10.1 Å². The summed E-state index contributed by atoms with van der Waals surface area (Å²) < 4.78 is 0. The summed E-state index contributed by atoms with van der Waals surface area (Å²) in [5, 5.41) is 13.6. The van der Waals surface area contributed by atoms with Crippen molar-refractivity contribution in [3.05, 3.63) is 46.5 Å². The molecule has 2 aromatic rings. The fourth-order valence-corrected chi connectivity index (χ4v) is 1.92. The number of hydrogen-bond donors (Lipinski definition) is 1. The minimum atomic E-state index is -0.753. The molecule has 1 aromatic carbocycles. The zero-order chi connectivity index (χ0) is 14.2. The van der Waals surface area contributed by atoms with Crippen molar-refractivity contribution < 1.29 is 9.92 Å². The predicted octanol–water partition coefficient (Wildman–Crippen LogP) is 3.03. The molecule has 1 heterocycles. The van der Waals surface area contributed by atoms with E-state index in [-0.39, 0.29) is 6.61 Å². The first-order valence-corrected chi connectivity index (χ1v) is 6.63. The average molecular weight is 275 g/mol. The Morgan fingerprint density at radius 3 is 2.85 bits per heavy atom. The number of fused-ring (bicyclic) bond motifs is 1. The molecule has 6 nitrogen and oxygen atoms in total. The van der Waals surface area contributed by atoms with E-state index >= 15 is 0 Å². The van der Waals surface area contributed by atoms with Crippen molar-refractivity contribution in [2.24, 2.45) is 0 Å². The molecule has 0 atom stereocenters. The molecule has 0 aliphatic rings. The molecular weight excluding hydrogens is 258 g/mol. The van der Waals surface area contributed by atoms with Crippen LogP contribution >= 0.6 is 0 Å². The fraction of sp³-hybridized carbons (Fsp3) is 0.357. The largest absolute Gasteiger partial charge is 0.370 e. The van der Waals surface area contributed by atoms with Crippen LogP contribution in [0.4, 0.5) is 5.82 Å². The first kappa shape index (κ1) is 14.0. The minimum Gasteiger partial charge on any atom is -0.370 e. The molecular formula is C14H17N3O3. The van der Waals surface area contributed by atoms with E-state index in [1.54, 1.807) is 0 Å². The number of pyridine rings is 1. The second kappa shape index (κ2) is 7.28. The first-order valence-electron chi connectivity index (χ1n) is 6.63. The van der Waals surface area contributed by atoms with Gasteiger partial charge in [-0.2, -0.15) is 0 Å². The van der Waals surface area contributed by atoms with Gasteiger partial charge in [-0.25, -0.2) is 4.98 Å². The molecule has 0 aliphatic heterocycles. The number of hydrogen-bond acceptors (Lipinski definition) is 5. The van der Waals surface area contributed by atoms with Crippen LogP contribution in [0.15, 0.2) is 36.4 Å². The predicted molar refractivity (Wildman–Crippen MR) is 77.0 cm³/mol. The van der Waals surface area contributed by atoms with Crippen LogP contribution < -0.4 is 5.32 Å². The Hall–Kier alpha value is -2.37. The standard InChI is InChI=1S/C14H17N3O3/c18-17(19)20-11-5-1-4-10-15-14-9-8-12-6-2-3-7-13(12)16-14/h2-3,6-9H,1,4-5,10-11H2,(H,15,16). The molecule has 0 aliphatic carbocycles. The summed E-state index contributed by atoms with van der Waals surface area (Å²) in [5.74, 6) is 0.852. The van der Waals surface area contributed by atoms with Gasteiger partial charge in [0.05, 0.1) is 12.1 Å². The van der Waals surface area contributed by atoms with Gasteiger partial charge in [0, 0.05) is 11.9 Å². The molecule has 0 bridgehead atoms. The van der Waals surface area contributed by atoms with Gasteiger partial charge in [-0.1, -0.05) is 18.2 Å². The highest BCUT2D eigenvalue weighted by Crippen LogP contribution is 2.14. The Bertz CT molecular complexity index is 574. The highest BCUT2D eigenvalue weighted by Gasteiger charge is 1.98. The normalized spacial score (nSPS) is 10.4. The second-order valence-electron chi connectivity index (χ2n) is 4.43. The number of nitrogens with one attached hydrogen (secondary N) is 1. The van der Waals surface area contributed by atoms with Crippen molar-refractivity contribution in [2.75, 3.05) is 18.5 Å². The van der Waals surface area contributed by atoms with Gasteiger partial charge in [0.2, 0.25) is 0 Å². The molecule has 1 aromatic heterocycles. The summed E-state index contributed by atoms with van der Waals surface area (Å²) in [5.41, 5.74) is 0.969. The molecule has 2 rings (SSSR count). The van der Waals surface area contributed by atoms with E-state index in [9.17, 15) is 10.1 Å². The third-order valence-corrected chi connectivity index (χ3v) is 2.92. The summed E-state index contributed by atoms with van der Waals surface area (Å²) in [6.45, 7) is 0.963. The van der Waals surface area contributed by atoms with E-state index < -0.39 is 5.09 Å². The molecule has 6 heteroatoms. The third kappa shape index (κ3) is 4.38. The summed E-state index contributed by atoms with van der Waals surface area (Å²) >= 11 is 0. The molecule has 106 valence electrons. The molecule has 0 saturated carbocycles. The lowest BCUT2D eigenvalue weighted by molar-refractivity contribution is -0.757. The quantitative estimate of drug-likeness (QED) is 0.455. The minimum absolute atomic E-state index is 0.168. The van der Waals surface area contributed by atoms with E-state index in [1.807, 2.05) is 36.4 Å². The van der Waals surface area contributed by atoms with Crippen LogP contribution in [0.2, 0.25) is 0 Å². The molecule has 0 radical (unpaired) electrons. The Morgan fingerprint density at radius 2 is 2.00 bits per heavy atom. The van der Waals surface area contributed by atoms with E-state index in [4.69, 9.17) is 0 Å². The number of unbranched alkanes of at least 4 members (excludes halogenated alkanes) is 2. The van der Waals surface area contributed by atoms with Crippen molar-refractivity contribution in [3.63, 3.8) is 0 Å². The zero-order valence-electron chi connectivity index (χ0n) is 11.1. The monoisotopic (exact) mass is 275 g/mol. The lowest BCUT2D eigenvalue weighted by Gasteiger charge is -2.06. The Labute approximate surface area is 116 Å². The molecule has 20 heavy (non-hydrogen) atoms. The van der Waals surface area contributed by atoms with Gasteiger partial charge in [-0.3, -0.25) is 0 Å². The van der Waals surface area contributed by atoms with Gasteiger partial charge >= 0.3 is 0 Å². The lowest BCUT2D eigenvalue weighted by Crippen LogP contribution is -2.05. The lowest BCUT2D eigenvalue weighted by atomic mass is 10.2. The van der Waals surface area contributed by atoms with Gasteiger partial charge in [-0.05, 0) is 37.5 Å². The second-order valence-corrected chi connectivity index (χ2v) is 4.43. The van der Waals surface area contributed by atoms with Crippen LogP contribution in [-0.2, 0) is 4.84 Å². The van der Waals surface area contributed by atoms with Gasteiger partial charge in [0.1, 0.15) is 5.82 Å². The first-order chi connectivity index (χ1) is 9.75. The number of nitrogens with zero attached hydrogens (tertiary/aromatic N) is 2. The average Bonchev–Trinajstić information content (AvgIpc) is 2.46. The molecule has 1 N–H and O–H groups in total. The van der Waals surface area contributed by atoms with Gasteiger partial charge in [0.15, 0.2) is 0 Å². The van der Waals surface area contributed by atoms with Crippen LogP contribution in [0, 0.1) is 10.1 Å². The Kier molecular flexibility index (Phi) is 5.11. The topological polar surface area (TPSA) is 77.3 Å². The number of anilines is 1. The summed E-state index contributed by atoms with van der Waals surface area (Å²) in [6.07, 6.45) is 2.50. The van der Waals surface area contributed by atoms with Crippen LogP contribution in [0.3, 0.4) is 0 Å². The SMILES string of the molecule is O=[N+]([O-])OCCCCCNc1ccc2ccccc2n1. The summed E-state index contributed by atoms with van der Waals surface area (Å²) in [4.78, 5) is 18.7. The van der Waals surface area contributed by atoms with E-state index in [0.717, 1.165) is 36.1 Å². The molecule has 0 unspecified atom stereocenters.